The molecule has 1 saturated heterocycles. The van der Waals surface area contributed by atoms with Gasteiger partial charge >= 0.3 is 0 Å². The molecule has 1 aliphatic heterocycles. The fourth-order valence-electron chi connectivity index (χ4n) is 1.85. The minimum absolute atomic E-state index is 0.133. The van der Waals surface area contributed by atoms with Crippen molar-refractivity contribution in [1.29, 1.82) is 0 Å². The van der Waals surface area contributed by atoms with Crippen molar-refractivity contribution < 1.29 is 4.39 Å². The second-order valence-corrected chi connectivity index (χ2v) is 3.93. The van der Waals surface area contributed by atoms with E-state index >= 15 is 0 Å². The van der Waals surface area contributed by atoms with E-state index in [0.29, 0.717) is 0 Å². The van der Waals surface area contributed by atoms with Gasteiger partial charge in [-0.15, -0.1) is 0 Å². The summed E-state index contributed by atoms with van der Waals surface area (Å²) >= 11 is 0. The Morgan fingerprint density at radius 1 is 1.46 bits per heavy atom. The van der Waals surface area contributed by atoms with Gasteiger partial charge in [0.25, 0.3) is 0 Å². The van der Waals surface area contributed by atoms with Crippen LogP contribution in [0.5, 0.6) is 0 Å². The van der Waals surface area contributed by atoms with E-state index in [0.717, 1.165) is 31.1 Å². The van der Waals surface area contributed by atoms with Crippen LogP contribution in [-0.4, -0.2) is 18.0 Å². The van der Waals surface area contributed by atoms with Gasteiger partial charge in [-0.1, -0.05) is 19.1 Å². The number of hydrogen-bond donors (Lipinski definition) is 0. The van der Waals surface area contributed by atoms with Crippen molar-refractivity contribution in [2.24, 2.45) is 5.92 Å². The van der Waals surface area contributed by atoms with Gasteiger partial charge in [0.2, 0.25) is 0 Å². The number of hydrogen-bond acceptors (Lipinski definition) is 1. The standard InChI is InChI=1S/C11H14FN/c1-9-6-13(7-9)8-10-3-2-4-11(12)5-10/h2-5,9H,6-8H2,1H3. The lowest BCUT2D eigenvalue weighted by atomic mass is 10.0. The molecule has 2 heteroatoms. The first-order valence-corrected chi connectivity index (χ1v) is 4.71. The molecule has 2 rings (SSSR count). The molecule has 0 radical (unpaired) electrons. The van der Waals surface area contributed by atoms with E-state index in [1.807, 2.05) is 6.07 Å². The van der Waals surface area contributed by atoms with E-state index in [1.54, 1.807) is 12.1 Å². The molecule has 1 aromatic carbocycles. The molecule has 1 nitrogen and oxygen atoms in total. The fraction of sp³-hybridized carbons (Fsp3) is 0.455. The van der Waals surface area contributed by atoms with Gasteiger partial charge in [-0.05, 0) is 23.6 Å². The first-order chi connectivity index (χ1) is 6.24. The molecule has 0 unspecified atom stereocenters. The van der Waals surface area contributed by atoms with Crippen molar-refractivity contribution in [3.8, 4) is 0 Å². The second kappa shape index (κ2) is 3.46. The highest BCUT2D eigenvalue weighted by atomic mass is 19.1. The summed E-state index contributed by atoms with van der Waals surface area (Å²) in [5.41, 5.74) is 1.08. The zero-order valence-electron chi connectivity index (χ0n) is 7.83. The molecule has 0 aliphatic carbocycles. The molecule has 0 bridgehead atoms. The smallest absolute Gasteiger partial charge is 0.123 e. The molecule has 70 valence electrons. The highest BCUT2D eigenvalue weighted by molar-refractivity contribution is 5.16. The number of likely N-dealkylation sites (tertiary alicyclic amines) is 1. The summed E-state index contributed by atoms with van der Waals surface area (Å²) in [4.78, 5) is 2.33. The van der Waals surface area contributed by atoms with Crippen LogP contribution in [0.25, 0.3) is 0 Å². The van der Waals surface area contributed by atoms with Crippen LogP contribution >= 0.6 is 0 Å². The van der Waals surface area contributed by atoms with Gasteiger partial charge in [-0.3, -0.25) is 4.90 Å². The SMILES string of the molecule is CC1CN(Cc2cccc(F)c2)C1. The van der Waals surface area contributed by atoms with Crippen molar-refractivity contribution in [3.05, 3.63) is 35.6 Å². The lowest BCUT2D eigenvalue weighted by molar-refractivity contribution is 0.105. The monoisotopic (exact) mass is 179 g/mol. The fourth-order valence-corrected chi connectivity index (χ4v) is 1.85. The Labute approximate surface area is 78.2 Å². The Balaban J connectivity index is 1.94. The molecule has 0 aromatic heterocycles. The normalized spacial score (nSPS) is 18.6. The van der Waals surface area contributed by atoms with Crippen molar-refractivity contribution in [1.82, 2.24) is 4.90 Å². The Hall–Kier alpha value is -0.890. The zero-order valence-corrected chi connectivity index (χ0v) is 7.83. The summed E-state index contributed by atoms with van der Waals surface area (Å²) < 4.78 is 12.8. The van der Waals surface area contributed by atoms with Gasteiger partial charge < -0.3 is 0 Å². The largest absolute Gasteiger partial charge is 0.298 e. The lowest BCUT2D eigenvalue weighted by Gasteiger charge is -2.37. The van der Waals surface area contributed by atoms with Gasteiger partial charge in [0.15, 0.2) is 0 Å². The second-order valence-electron chi connectivity index (χ2n) is 3.93. The van der Waals surface area contributed by atoms with Crippen LogP contribution in [0.15, 0.2) is 24.3 Å². The Morgan fingerprint density at radius 3 is 2.85 bits per heavy atom. The lowest BCUT2D eigenvalue weighted by Crippen LogP contribution is -2.44. The minimum Gasteiger partial charge on any atom is -0.298 e. The summed E-state index contributed by atoms with van der Waals surface area (Å²) in [7, 11) is 0. The molecule has 1 fully saturated rings. The molecule has 0 spiro atoms. The van der Waals surface area contributed by atoms with E-state index in [2.05, 4.69) is 11.8 Å². The van der Waals surface area contributed by atoms with Gasteiger partial charge in [-0.2, -0.15) is 0 Å². The highest BCUT2D eigenvalue weighted by Gasteiger charge is 2.21. The van der Waals surface area contributed by atoms with Crippen LogP contribution in [0, 0.1) is 11.7 Å². The number of nitrogens with zero attached hydrogens (tertiary/aromatic N) is 1. The molecule has 0 atom stereocenters. The molecule has 0 saturated carbocycles. The molecule has 13 heavy (non-hydrogen) atoms. The van der Waals surface area contributed by atoms with Crippen molar-refractivity contribution in [2.75, 3.05) is 13.1 Å². The van der Waals surface area contributed by atoms with Crippen LogP contribution in [0.3, 0.4) is 0 Å². The average molecular weight is 179 g/mol. The molecule has 1 aromatic rings. The molecule has 0 N–H and O–H groups in total. The average Bonchev–Trinajstić information content (AvgIpc) is 2.01. The zero-order chi connectivity index (χ0) is 9.26. The summed E-state index contributed by atoms with van der Waals surface area (Å²) in [5, 5.41) is 0. The molecular formula is C11H14FN. The van der Waals surface area contributed by atoms with E-state index < -0.39 is 0 Å². The topological polar surface area (TPSA) is 3.24 Å². The first-order valence-electron chi connectivity index (χ1n) is 4.71. The maximum atomic E-state index is 12.8. The highest BCUT2D eigenvalue weighted by Crippen LogP contribution is 2.17. The summed E-state index contributed by atoms with van der Waals surface area (Å²) in [5.74, 6) is 0.680. The van der Waals surface area contributed by atoms with Crippen molar-refractivity contribution in [3.63, 3.8) is 0 Å². The maximum Gasteiger partial charge on any atom is 0.123 e. The molecular weight excluding hydrogens is 165 g/mol. The van der Waals surface area contributed by atoms with Gasteiger partial charge in [0.05, 0.1) is 0 Å². The third-order valence-corrected chi connectivity index (χ3v) is 2.43. The van der Waals surface area contributed by atoms with Crippen LogP contribution in [-0.2, 0) is 6.54 Å². The quantitative estimate of drug-likeness (QED) is 0.673. The summed E-state index contributed by atoms with van der Waals surface area (Å²) in [6.45, 7) is 5.43. The number of rotatable bonds is 2. The Morgan fingerprint density at radius 2 is 2.23 bits per heavy atom. The number of benzene rings is 1. The van der Waals surface area contributed by atoms with E-state index in [4.69, 9.17) is 0 Å². The van der Waals surface area contributed by atoms with Crippen molar-refractivity contribution >= 4 is 0 Å². The van der Waals surface area contributed by atoms with E-state index in [9.17, 15) is 4.39 Å². The Kier molecular flexibility index (Phi) is 2.32. The van der Waals surface area contributed by atoms with Gasteiger partial charge in [0.1, 0.15) is 5.82 Å². The molecule has 0 amide bonds. The van der Waals surface area contributed by atoms with E-state index in [1.165, 1.54) is 6.07 Å². The van der Waals surface area contributed by atoms with E-state index in [-0.39, 0.29) is 5.82 Å². The number of halogens is 1. The summed E-state index contributed by atoms with van der Waals surface area (Å²) in [6, 6.07) is 6.85. The van der Waals surface area contributed by atoms with Gasteiger partial charge in [0, 0.05) is 19.6 Å². The predicted octanol–water partition coefficient (Wildman–Crippen LogP) is 2.28. The molecule has 1 heterocycles. The van der Waals surface area contributed by atoms with Crippen molar-refractivity contribution in [2.45, 2.75) is 13.5 Å². The predicted molar refractivity (Wildman–Crippen MR) is 50.8 cm³/mol. The Bertz CT molecular complexity index is 292. The minimum atomic E-state index is -0.133. The van der Waals surface area contributed by atoms with Gasteiger partial charge in [-0.25, -0.2) is 4.39 Å². The molecule has 1 aliphatic rings. The summed E-state index contributed by atoms with van der Waals surface area (Å²) in [6.07, 6.45) is 0. The van der Waals surface area contributed by atoms with Crippen LogP contribution in [0.4, 0.5) is 4.39 Å². The third kappa shape index (κ3) is 2.07. The first kappa shape index (κ1) is 8.70. The third-order valence-electron chi connectivity index (χ3n) is 2.43. The van der Waals surface area contributed by atoms with Crippen LogP contribution < -0.4 is 0 Å². The maximum absolute atomic E-state index is 12.8. The van der Waals surface area contributed by atoms with Crippen LogP contribution in [0.2, 0.25) is 0 Å². The van der Waals surface area contributed by atoms with Crippen LogP contribution in [0.1, 0.15) is 12.5 Å².